The molecule has 6 nitrogen and oxygen atoms in total. The molecule has 8 heteroatoms. The molecule has 4 aromatic rings. The standard InChI is InChI=1S/C25H19ClFN5O/c1-15-10-12-17(13-11-15)23(33)29-24-30-25-28-20(16-6-3-2-4-7-16)14-21(32(25)31-24)22-18(26)8-5-9-19(22)27/h2-14,21H,1H3,(H2,28,29,30,31,33). The summed E-state index contributed by atoms with van der Waals surface area (Å²) in [5, 5.41) is 10.7. The molecule has 0 saturated carbocycles. The van der Waals surface area contributed by atoms with E-state index in [1.807, 2.05) is 55.5 Å². The van der Waals surface area contributed by atoms with Gasteiger partial charge in [-0.25, -0.2) is 9.07 Å². The third-order valence-electron chi connectivity index (χ3n) is 5.39. The van der Waals surface area contributed by atoms with Crippen molar-refractivity contribution in [1.29, 1.82) is 0 Å². The van der Waals surface area contributed by atoms with Gasteiger partial charge >= 0.3 is 0 Å². The Hall–Kier alpha value is -3.97. The zero-order valence-electron chi connectivity index (χ0n) is 17.6. The first kappa shape index (κ1) is 20.9. The van der Waals surface area contributed by atoms with Crippen molar-refractivity contribution in [2.45, 2.75) is 13.0 Å². The first-order chi connectivity index (χ1) is 16.0. The molecular weight excluding hydrogens is 441 g/mol. The molecule has 3 aromatic carbocycles. The molecule has 33 heavy (non-hydrogen) atoms. The van der Waals surface area contributed by atoms with E-state index in [4.69, 9.17) is 11.6 Å². The quantitative estimate of drug-likeness (QED) is 0.411. The van der Waals surface area contributed by atoms with Gasteiger partial charge in [0.2, 0.25) is 5.95 Å². The number of hydrogen-bond acceptors (Lipinski definition) is 4. The Morgan fingerprint density at radius 1 is 1.06 bits per heavy atom. The van der Waals surface area contributed by atoms with E-state index in [-0.39, 0.29) is 22.4 Å². The van der Waals surface area contributed by atoms with E-state index < -0.39 is 11.9 Å². The number of allylic oxidation sites excluding steroid dienone is 1. The van der Waals surface area contributed by atoms with Crippen molar-refractivity contribution in [3.8, 4) is 0 Å². The topological polar surface area (TPSA) is 71.8 Å². The fraction of sp³-hybridized carbons (Fsp3) is 0.0800. The summed E-state index contributed by atoms with van der Waals surface area (Å²) in [5.74, 6) is -0.331. The molecule has 1 aromatic heterocycles. The maximum absolute atomic E-state index is 14.9. The van der Waals surface area contributed by atoms with Crippen molar-refractivity contribution in [3.05, 3.63) is 112 Å². The van der Waals surface area contributed by atoms with E-state index in [0.29, 0.717) is 11.5 Å². The molecule has 0 spiro atoms. The van der Waals surface area contributed by atoms with Crippen LogP contribution >= 0.6 is 11.6 Å². The highest BCUT2D eigenvalue weighted by molar-refractivity contribution is 6.31. The monoisotopic (exact) mass is 459 g/mol. The Labute approximate surface area is 194 Å². The summed E-state index contributed by atoms with van der Waals surface area (Å²) in [5.41, 5.74) is 3.44. The number of hydrogen-bond donors (Lipinski definition) is 2. The molecule has 1 atom stereocenters. The molecule has 1 aliphatic heterocycles. The third kappa shape index (κ3) is 4.10. The molecule has 2 N–H and O–H groups in total. The van der Waals surface area contributed by atoms with E-state index in [0.717, 1.165) is 16.8 Å². The SMILES string of the molecule is Cc1ccc(C(=O)Nc2nc3n(n2)C(c2c(F)cccc2Cl)C=C(c2ccccc2)N3)cc1. The van der Waals surface area contributed by atoms with Crippen LogP contribution in [0.2, 0.25) is 5.02 Å². The van der Waals surface area contributed by atoms with Crippen molar-refractivity contribution in [1.82, 2.24) is 14.8 Å². The number of nitrogens with one attached hydrogen (secondary N) is 2. The van der Waals surface area contributed by atoms with Gasteiger partial charge in [0, 0.05) is 21.8 Å². The van der Waals surface area contributed by atoms with Crippen molar-refractivity contribution < 1.29 is 9.18 Å². The molecule has 0 aliphatic carbocycles. The number of anilines is 2. The van der Waals surface area contributed by atoms with Crippen LogP contribution in [0.5, 0.6) is 0 Å². The number of fused-ring (bicyclic) bond motifs is 1. The number of aryl methyl sites for hydroxylation is 1. The molecule has 1 unspecified atom stereocenters. The van der Waals surface area contributed by atoms with Crippen LogP contribution < -0.4 is 10.6 Å². The predicted molar refractivity (Wildman–Crippen MR) is 127 cm³/mol. The van der Waals surface area contributed by atoms with Crippen LogP contribution in [0.4, 0.5) is 16.3 Å². The minimum atomic E-state index is -0.664. The molecule has 2 heterocycles. The third-order valence-corrected chi connectivity index (χ3v) is 5.71. The summed E-state index contributed by atoms with van der Waals surface area (Å²) in [4.78, 5) is 17.1. The average Bonchev–Trinajstić information content (AvgIpc) is 3.22. The second-order valence-corrected chi connectivity index (χ2v) is 8.08. The number of benzene rings is 3. The zero-order chi connectivity index (χ0) is 22.9. The number of nitrogens with zero attached hydrogens (tertiary/aromatic N) is 3. The largest absolute Gasteiger partial charge is 0.324 e. The Morgan fingerprint density at radius 2 is 1.82 bits per heavy atom. The fourth-order valence-corrected chi connectivity index (χ4v) is 3.98. The fourth-order valence-electron chi connectivity index (χ4n) is 3.71. The Bertz CT molecular complexity index is 1350. The van der Waals surface area contributed by atoms with Crippen LogP contribution in [0.25, 0.3) is 5.70 Å². The molecule has 0 bridgehead atoms. The molecule has 5 rings (SSSR count). The lowest BCUT2D eigenvalue weighted by Gasteiger charge is -2.25. The smallest absolute Gasteiger partial charge is 0.258 e. The van der Waals surface area contributed by atoms with Crippen LogP contribution in [0.15, 0.2) is 78.9 Å². The number of aromatic nitrogens is 3. The van der Waals surface area contributed by atoms with Crippen LogP contribution in [-0.2, 0) is 0 Å². The summed E-state index contributed by atoms with van der Waals surface area (Å²) in [7, 11) is 0. The van der Waals surface area contributed by atoms with Gasteiger partial charge in [-0.05, 0) is 42.8 Å². The van der Waals surface area contributed by atoms with Gasteiger partial charge in [-0.15, -0.1) is 5.10 Å². The maximum Gasteiger partial charge on any atom is 0.258 e. The Balaban J connectivity index is 1.54. The molecule has 164 valence electrons. The molecule has 1 amide bonds. The lowest BCUT2D eigenvalue weighted by Crippen LogP contribution is -2.21. The second kappa shape index (κ2) is 8.52. The molecule has 1 aliphatic rings. The van der Waals surface area contributed by atoms with E-state index in [1.54, 1.807) is 24.3 Å². The highest BCUT2D eigenvalue weighted by Gasteiger charge is 2.29. The van der Waals surface area contributed by atoms with Gasteiger partial charge in [0.15, 0.2) is 0 Å². The van der Waals surface area contributed by atoms with Crippen LogP contribution in [0.1, 0.15) is 33.1 Å². The Morgan fingerprint density at radius 3 is 2.55 bits per heavy atom. The van der Waals surface area contributed by atoms with Gasteiger partial charge in [0.05, 0.1) is 0 Å². The number of amides is 1. The molecule has 0 fully saturated rings. The number of carbonyl (C=O) groups is 1. The van der Waals surface area contributed by atoms with Crippen molar-refractivity contribution in [2.75, 3.05) is 10.6 Å². The first-order valence-corrected chi connectivity index (χ1v) is 10.7. The first-order valence-electron chi connectivity index (χ1n) is 10.3. The van der Waals surface area contributed by atoms with Crippen LogP contribution in [0, 0.1) is 12.7 Å². The van der Waals surface area contributed by atoms with Crippen molar-refractivity contribution >= 4 is 35.1 Å². The lowest BCUT2D eigenvalue weighted by molar-refractivity contribution is 0.102. The van der Waals surface area contributed by atoms with E-state index in [9.17, 15) is 9.18 Å². The second-order valence-electron chi connectivity index (χ2n) is 7.68. The highest BCUT2D eigenvalue weighted by Crippen LogP contribution is 2.37. The predicted octanol–water partition coefficient (Wildman–Crippen LogP) is 5.69. The number of halogens is 2. The average molecular weight is 460 g/mol. The van der Waals surface area contributed by atoms with Crippen LogP contribution in [-0.4, -0.2) is 20.7 Å². The van der Waals surface area contributed by atoms with E-state index in [2.05, 4.69) is 20.7 Å². The van der Waals surface area contributed by atoms with Gasteiger partial charge in [0.25, 0.3) is 11.9 Å². The van der Waals surface area contributed by atoms with Gasteiger partial charge in [-0.2, -0.15) is 4.98 Å². The maximum atomic E-state index is 14.9. The van der Waals surface area contributed by atoms with Crippen LogP contribution in [0.3, 0.4) is 0 Å². The van der Waals surface area contributed by atoms with E-state index >= 15 is 0 Å². The minimum absolute atomic E-state index is 0.100. The normalized spacial score (nSPS) is 14.8. The summed E-state index contributed by atoms with van der Waals surface area (Å²) in [6, 6.07) is 20.7. The molecule has 0 radical (unpaired) electrons. The van der Waals surface area contributed by atoms with Gasteiger partial charge in [-0.3, -0.25) is 10.1 Å². The van der Waals surface area contributed by atoms with Gasteiger partial charge in [0.1, 0.15) is 11.9 Å². The van der Waals surface area contributed by atoms with Crippen molar-refractivity contribution in [2.24, 2.45) is 0 Å². The summed E-state index contributed by atoms with van der Waals surface area (Å²) >= 11 is 6.39. The summed E-state index contributed by atoms with van der Waals surface area (Å²) < 4.78 is 16.4. The van der Waals surface area contributed by atoms with Crippen molar-refractivity contribution in [3.63, 3.8) is 0 Å². The number of rotatable bonds is 4. The Kier molecular flexibility index (Phi) is 5.40. The molecule has 0 saturated heterocycles. The number of carbonyl (C=O) groups excluding carboxylic acids is 1. The molecular formula is C25H19ClFN5O. The van der Waals surface area contributed by atoms with Gasteiger partial charge < -0.3 is 5.32 Å². The van der Waals surface area contributed by atoms with E-state index in [1.165, 1.54) is 10.7 Å². The van der Waals surface area contributed by atoms with Gasteiger partial charge in [-0.1, -0.05) is 65.7 Å². The minimum Gasteiger partial charge on any atom is -0.324 e. The summed E-state index contributed by atoms with van der Waals surface area (Å²) in [6.45, 7) is 1.95. The zero-order valence-corrected chi connectivity index (χ0v) is 18.3. The lowest BCUT2D eigenvalue weighted by atomic mass is 10.0. The summed E-state index contributed by atoms with van der Waals surface area (Å²) in [6.07, 6.45) is 1.84. The highest BCUT2D eigenvalue weighted by atomic mass is 35.5.